The first-order chi connectivity index (χ1) is 60.0. The molecule has 0 aliphatic rings. The van der Waals surface area contributed by atoms with Crippen molar-refractivity contribution in [3.05, 3.63) is 323 Å². The number of benzene rings is 10. The first kappa shape index (κ1) is 97.3. The highest BCUT2D eigenvalue weighted by Crippen LogP contribution is 2.43. The van der Waals surface area contributed by atoms with Crippen molar-refractivity contribution in [3.63, 3.8) is 0 Å². The Balaban J connectivity index is 0.000000218. The van der Waals surface area contributed by atoms with Crippen LogP contribution in [-0.4, -0.2) is 124 Å². The van der Waals surface area contributed by atoms with Gasteiger partial charge in [-0.3, -0.25) is 4.79 Å². The second-order valence-corrected chi connectivity index (χ2v) is 27.9. The Hall–Kier alpha value is -14.5. The largest absolute Gasteiger partial charge is 0.573 e. The van der Waals surface area contributed by atoms with Gasteiger partial charge in [0.1, 0.15) is 40.5 Å². The van der Waals surface area contributed by atoms with Gasteiger partial charge in [0.25, 0.3) is 0 Å². The van der Waals surface area contributed by atoms with Crippen molar-refractivity contribution < 1.29 is 157 Å². The number of H-pyrrole nitrogens is 1. The summed E-state index contributed by atoms with van der Waals surface area (Å²) in [6, 6.07) is 52.8. The van der Waals surface area contributed by atoms with E-state index < -0.39 is 150 Å². The SMILES string of the molecule is C[C@@H](O)[C@H](NC(=O)NC(Cc1ccccc1)(c1cccc(OC(F)(F)F)c1)c1cccc(OC(F)(F)F)c1)C(=O)O.O=C(N[C@@H](Cc1c[nH]c2ccccc12)C(=O)O)NC(Cc1ccccc1)(c1cccc(OC(F)(F)F)c1)c1cccc(OC(F)(F)F)c1.O=C(O)CCNC(=O)NC(Cc1ccccc1)(c1cccc(OC(F)(F)F)c1)c1cccc(OC(F)(F)F)c1. The van der Waals surface area contributed by atoms with E-state index in [1.807, 2.05) is 0 Å². The molecule has 41 heteroatoms. The van der Waals surface area contributed by atoms with Crippen molar-refractivity contribution in [2.24, 2.45) is 0 Å². The lowest BCUT2D eigenvalue weighted by atomic mass is 9.77. The molecule has 1 aromatic heterocycles. The normalized spacial score (nSPS) is 12.8. The predicted octanol–water partition coefficient (Wildman–Crippen LogP) is 18.3. The molecule has 0 aliphatic carbocycles. The number of aliphatic hydroxyl groups is 1. The number of hydrogen-bond acceptors (Lipinski definition) is 13. The van der Waals surface area contributed by atoms with Gasteiger partial charge in [0.2, 0.25) is 0 Å². The summed E-state index contributed by atoms with van der Waals surface area (Å²) in [5.74, 6) is -8.14. The highest BCUT2D eigenvalue weighted by Gasteiger charge is 2.45. The Labute approximate surface area is 713 Å². The molecule has 23 nitrogen and oxygen atoms in total. The van der Waals surface area contributed by atoms with Gasteiger partial charge in [-0.05, 0) is 141 Å². The van der Waals surface area contributed by atoms with Crippen molar-refractivity contribution in [3.8, 4) is 34.5 Å². The number of rotatable bonds is 31. The molecule has 10 aromatic carbocycles. The fourth-order valence-corrected chi connectivity index (χ4v) is 13.5. The lowest BCUT2D eigenvalue weighted by Crippen LogP contribution is -2.57. The van der Waals surface area contributed by atoms with Crippen LogP contribution in [-0.2, 0) is 56.7 Å². The molecule has 0 bridgehead atoms. The lowest BCUT2D eigenvalue weighted by molar-refractivity contribution is -0.275. The minimum Gasteiger partial charge on any atom is -0.481 e. The summed E-state index contributed by atoms with van der Waals surface area (Å²) >= 11 is 0. The van der Waals surface area contributed by atoms with Crippen molar-refractivity contribution >= 4 is 46.9 Å². The first-order valence-corrected chi connectivity index (χ1v) is 37.5. The van der Waals surface area contributed by atoms with E-state index in [4.69, 9.17) is 5.11 Å². The fraction of sp³-hybridized carbons (Fsp3) is 0.218. The molecule has 0 saturated heterocycles. The van der Waals surface area contributed by atoms with E-state index in [-0.39, 0.29) is 65.6 Å². The molecule has 0 spiro atoms. The molecule has 0 fully saturated rings. The summed E-state index contributed by atoms with van der Waals surface area (Å²) in [4.78, 5) is 77.8. The molecule has 0 radical (unpaired) electrons. The minimum absolute atomic E-state index is 0.0177. The van der Waals surface area contributed by atoms with Gasteiger partial charge in [0.15, 0.2) is 6.04 Å². The Morgan fingerprint density at radius 2 is 0.633 bits per heavy atom. The number of fused-ring (bicyclic) bond motifs is 1. The number of carbonyl (C=O) groups is 6. The maximum atomic E-state index is 13.8. The number of carboxylic acid groups (broad SMARTS) is 3. The number of aromatic nitrogens is 1. The third-order valence-corrected chi connectivity index (χ3v) is 18.6. The number of hydrogen-bond donors (Lipinski definition) is 11. The molecule has 11 rings (SSSR count). The van der Waals surface area contributed by atoms with Crippen LogP contribution in [0.15, 0.2) is 267 Å². The molecule has 0 unspecified atom stereocenters. The van der Waals surface area contributed by atoms with Crippen LogP contribution in [0, 0.1) is 0 Å². The van der Waals surface area contributed by atoms with Crippen LogP contribution in [0.25, 0.3) is 10.9 Å². The highest BCUT2D eigenvalue weighted by molar-refractivity contribution is 5.87. The van der Waals surface area contributed by atoms with Gasteiger partial charge < -0.3 is 85.7 Å². The van der Waals surface area contributed by atoms with Crippen LogP contribution in [0.2, 0.25) is 0 Å². The molecule has 678 valence electrons. The lowest BCUT2D eigenvalue weighted by Gasteiger charge is -2.37. The van der Waals surface area contributed by atoms with Crippen LogP contribution in [0.1, 0.15) is 69.0 Å². The zero-order chi connectivity index (χ0) is 93.6. The number of nitrogens with one attached hydrogen (secondary N) is 7. The zero-order valence-corrected chi connectivity index (χ0v) is 65.9. The standard InChI is InChI=1S/C34H27F6N3O5.C27H24F6N2O6.C26H22F6N2O5/c35-33(36,37)47-25-12-6-10-23(17-25)32(19-21-8-2-1-3-9-21,24-11-7-13-26(18-24)48-34(38,39)40)43-31(46)42-29(30(44)45)16-22-20-41-28-15-5-4-14-27(22)28;1-16(36)22(23(37)38)34-24(39)35-25(15-17-7-3-2-4-8-17,18-9-5-11-20(13-18)40-26(28,29)30)19-10-6-12-21(14-19)41-27(31,32)33;27-25(28,29)38-20-10-4-8-18(14-20)24(16-17-6-2-1-3-7-17,34-23(37)33-13-12-22(35)36)19-9-5-11-21(15-19)39-26(30,31)32/h1-15,17-18,20,29,41H,16,19H2,(H,44,45)(H2,42,43,46);2-14,16,22,36H,15H2,1H3,(H,37,38)(H2,34,35,39);1-11,14-15H,12-13,16H2,(H,35,36)(H2,33,34,37)/t29-;16-,22+;/m01./s1. The van der Waals surface area contributed by atoms with Gasteiger partial charge in [-0.15, -0.1) is 79.0 Å². The van der Waals surface area contributed by atoms with Gasteiger partial charge in [0, 0.05) is 49.3 Å². The summed E-state index contributed by atoms with van der Waals surface area (Å²) in [6.45, 7) is 0.809. The van der Waals surface area contributed by atoms with E-state index in [9.17, 15) is 123 Å². The van der Waals surface area contributed by atoms with Crippen LogP contribution >= 0.6 is 0 Å². The number of aromatic amines is 1. The number of carboxylic acids is 3. The molecule has 11 aromatic rings. The number of amides is 6. The van der Waals surface area contributed by atoms with Gasteiger partial charge in [-0.2, -0.15) is 0 Å². The van der Waals surface area contributed by atoms with E-state index in [2.05, 4.69) is 65.3 Å². The quantitative estimate of drug-likeness (QED) is 0.0180. The summed E-state index contributed by atoms with van der Waals surface area (Å²) in [7, 11) is 0. The van der Waals surface area contributed by atoms with E-state index in [1.165, 1.54) is 72.8 Å². The van der Waals surface area contributed by atoms with Crippen LogP contribution < -0.4 is 60.3 Å². The number of ether oxygens (including phenoxy) is 6. The molecule has 11 N–H and O–H groups in total. The first-order valence-electron chi connectivity index (χ1n) is 37.5. The Bertz CT molecular complexity index is 5410. The number of para-hydroxylation sites is 1. The third-order valence-electron chi connectivity index (χ3n) is 18.6. The number of aliphatic carboxylic acids is 3. The summed E-state index contributed by atoms with van der Waals surface area (Å²) in [5.41, 5.74) is -2.79. The van der Waals surface area contributed by atoms with E-state index >= 15 is 0 Å². The van der Waals surface area contributed by atoms with E-state index in [0.29, 0.717) is 22.3 Å². The minimum atomic E-state index is -5.09. The van der Waals surface area contributed by atoms with Crippen molar-refractivity contribution in [1.82, 2.24) is 36.9 Å². The van der Waals surface area contributed by atoms with Crippen molar-refractivity contribution in [1.29, 1.82) is 0 Å². The molecule has 3 atom stereocenters. The number of urea groups is 3. The maximum absolute atomic E-state index is 13.8. The van der Waals surface area contributed by atoms with Crippen LogP contribution in [0.4, 0.5) is 93.4 Å². The smallest absolute Gasteiger partial charge is 0.481 e. The summed E-state index contributed by atoms with van der Waals surface area (Å²) in [6.07, 6.45) is -31.5. The van der Waals surface area contributed by atoms with E-state index in [0.717, 1.165) is 90.6 Å². The topological polar surface area (TPSA) is 327 Å². The maximum Gasteiger partial charge on any atom is 0.573 e. The van der Waals surface area contributed by atoms with Crippen molar-refractivity contribution in [2.75, 3.05) is 6.54 Å². The molecule has 0 aliphatic heterocycles. The van der Waals surface area contributed by atoms with Gasteiger partial charge >= 0.3 is 74.2 Å². The number of carbonyl (C=O) groups excluding carboxylic acids is 3. The average Bonchev–Trinajstić information content (AvgIpc) is 0.906. The molecule has 0 saturated carbocycles. The molecular formula is C87H73F18N7O16. The van der Waals surface area contributed by atoms with Gasteiger partial charge in [-0.1, -0.05) is 182 Å². The van der Waals surface area contributed by atoms with Crippen molar-refractivity contribution in [2.45, 2.75) is 112 Å². The van der Waals surface area contributed by atoms with E-state index in [1.54, 1.807) is 121 Å². The summed E-state index contributed by atoms with van der Waals surface area (Å²) in [5, 5.41) is 53.6. The van der Waals surface area contributed by atoms with Crippen LogP contribution in [0.3, 0.4) is 0 Å². The zero-order valence-electron chi connectivity index (χ0n) is 65.9. The highest BCUT2D eigenvalue weighted by atomic mass is 19.4. The molecular weight excluding hydrogens is 1740 g/mol. The summed E-state index contributed by atoms with van der Waals surface area (Å²) < 4.78 is 260. The number of halogens is 18. The molecule has 6 amide bonds. The fourth-order valence-electron chi connectivity index (χ4n) is 13.5. The number of alkyl halides is 18. The molecule has 128 heavy (non-hydrogen) atoms. The Morgan fingerprint density at radius 1 is 0.352 bits per heavy atom. The average molecular weight is 1810 g/mol. The molecule has 1 heterocycles. The second kappa shape index (κ2) is 41.5. The van der Waals surface area contributed by atoms with Gasteiger partial charge in [0.05, 0.1) is 29.1 Å². The second-order valence-electron chi connectivity index (χ2n) is 27.9. The Kier molecular flexibility index (Phi) is 31.5. The Morgan fingerprint density at radius 3 is 0.906 bits per heavy atom. The van der Waals surface area contributed by atoms with Crippen LogP contribution in [0.5, 0.6) is 34.5 Å². The third kappa shape index (κ3) is 29.3. The predicted molar refractivity (Wildman–Crippen MR) is 420 cm³/mol. The van der Waals surface area contributed by atoms with Gasteiger partial charge in [-0.25, -0.2) is 24.0 Å². The monoisotopic (exact) mass is 1810 g/mol. The number of aliphatic hydroxyl groups excluding tert-OH is 1.